The van der Waals surface area contributed by atoms with E-state index in [0.717, 1.165) is 25.3 Å². The Morgan fingerprint density at radius 1 is 1.41 bits per heavy atom. The SMILES string of the molecule is [CH2]C(S)Cc1ccc(OCC2CCCN2)cc1. The minimum Gasteiger partial charge on any atom is -0.492 e. The molecular formula is C14H20NOS. The third-order valence-corrected chi connectivity index (χ3v) is 3.19. The van der Waals surface area contributed by atoms with Gasteiger partial charge in [0.2, 0.25) is 0 Å². The fourth-order valence-corrected chi connectivity index (χ4v) is 2.30. The number of thiol groups is 1. The quantitative estimate of drug-likeness (QED) is 0.784. The summed E-state index contributed by atoms with van der Waals surface area (Å²) in [5.41, 5.74) is 1.26. The van der Waals surface area contributed by atoms with Crippen LogP contribution in [0.5, 0.6) is 5.75 Å². The fraction of sp³-hybridized carbons (Fsp3) is 0.500. The molecule has 93 valence electrons. The van der Waals surface area contributed by atoms with Crippen molar-refractivity contribution in [3.05, 3.63) is 36.8 Å². The Bertz CT molecular complexity index is 331. The molecule has 2 rings (SSSR count). The largest absolute Gasteiger partial charge is 0.492 e. The van der Waals surface area contributed by atoms with Gasteiger partial charge in [-0.25, -0.2) is 0 Å². The second-order valence-corrected chi connectivity index (χ2v) is 5.34. The molecule has 0 aromatic heterocycles. The highest BCUT2D eigenvalue weighted by Crippen LogP contribution is 2.15. The maximum atomic E-state index is 5.75. The number of benzene rings is 1. The summed E-state index contributed by atoms with van der Waals surface area (Å²) >= 11 is 4.29. The normalized spacial score (nSPS) is 21.4. The van der Waals surface area contributed by atoms with Gasteiger partial charge in [-0.15, -0.1) is 0 Å². The monoisotopic (exact) mass is 250 g/mol. The van der Waals surface area contributed by atoms with Crippen LogP contribution < -0.4 is 10.1 Å². The number of hydrogen-bond donors (Lipinski definition) is 2. The van der Waals surface area contributed by atoms with E-state index in [1.54, 1.807) is 0 Å². The average molecular weight is 250 g/mol. The molecule has 1 radical (unpaired) electrons. The van der Waals surface area contributed by atoms with Crippen molar-refractivity contribution in [3.8, 4) is 5.75 Å². The van der Waals surface area contributed by atoms with E-state index in [0.29, 0.717) is 6.04 Å². The van der Waals surface area contributed by atoms with E-state index in [1.807, 2.05) is 12.1 Å². The van der Waals surface area contributed by atoms with Gasteiger partial charge in [-0.1, -0.05) is 12.1 Å². The minimum absolute atomic E-state index is 0.157. The van der Waals surface area contributed by atoms with Gasteiger partial charge in [-0.05, 0) is 50.4 Å². The maximum Gasteiger partial charge on any atom is 0.119 e. The van der Waals surface area contributed by atoms with E-state index in [4.69, 9.17) is 4.74 Å². The number of ether oxygens (including phenoxy) is 1. The molecule has 2 atom stereocenters. The van der Waals surface area contributed by atoms with Crippen LogP contribution in [-0.2, 0) is 6.42 Å². The molecule has 2 unspecified atom stereocenters. The van der Waals surface area contributed by atoms with Gasteiger partial charge >= 0.3 is 0 Å². The number of rotatable bonds is 5. The van der Waals surface area contributed by atoms with Gasteiger partial charge in [0, 0.05) is 11.3 Å². The van der Waals surface area contributed by atoms with Gasteiger partial charge < -0.3 is 10.1 Å². The molecule has 0 bridgehead atoms. The molecule has 1 aliphatic rings. The summed E-state index contributed by atoms with van der Waals surface area (Å²) in [6.45, 7) is 5.76. The van der Waals surface area contributed by atoms with Crippen molar-refractivity contribution in [1.29, 1.82) is 0 Å². The van der Waals surface area contributed by atoms with Crippen LogP contribution in [0.3, 0.4) is 0 Å². The Kier molecular flexibility index (Phi) is 4.75. The lowest BCUT2D eigenvalue weighted by molar-refractivity contribution is 0.277. The van der Waals surface area contributed by atoms with E-state index < -0.39 is 0 Å². The fourth-order valence-electron chi connectivity index (χ4n) is 2.09. The summed E-state index contributed by atoms with van der Waals surface area (Å²) in [5, 5.41) is 3.58. The molecular weight excluding hydrogens is 230 g/mol. The first kappa shape index (κ1) is 12.8. The lowest BCUT2D eigenvalue weighted by atomic mass is 10.1. The van der Waals surface area contributed by atoms with Gasteiger partial charge in [-0.2, -0.15) is 12.6 Å². The topological polar surface area (TPSA) is 21.3 Å². The van der Waals surface area contributed by atoms with E-state index in [2.05, 4.69) is 37.0 Å². The van der Waals surface area contributed by atoms with Crippen LogP contribution in [-0.4, -0.2) is 24.4 Å². The van der Waals surface area contributed by atoms with E-state index in [1.165, 1.54) is 18.4 Å². The summed E-state index contributed by atoms with van der Waals surface area (Å²) in [4.78, 5) is 0. The second-order valence-electron chi connectivity index (χ2n) is 4.61. The smallest absolute Gasteiger partial charge is 0.119 e. The Morgan fingerprint density at radius 3 is 2.76 bits per heavy atom. The van der Waals surface area contributed by atoms with Gasteiger partial charge in [0.1, 0.15) is 12.4 Å². The molecule has 3 heteroatoms. The van der Waals surface area contributed by atoms with E-state index in [9.17, 15) is 0 Å². The van der Waals surface area contributed by atoms with Crippen LogP contribution in [0.1, 0.15) is 18.4 Å². The Morgan fingerprint density at radius 2 is 2.18 bits per heavy atom. The predicted molar refractivity (Wildman–Crippen MR) is 74.8 cm³/mol. The zero-order chi connectivity index (χ0) is 12.1. The molecule has 1 saturated heterocycles. The highest BCUT2D eigenvalue weighted by atomic mass is 32.1. The van der Waals surface area contributed by atoms with Crippen molar-refractivity contribution >= 4 is 12.6 Å². The summed E-state index contributed by atoms with van der Waals surface area (Å²) in [7, 11) is 0. The van der Waals surface area contributed by atoms with Gasteiger partial charge in [0.15, 0.2) is 0 Å². The van der Waals surface area contributed by atoms with Crippen LogP contribution in [0.2, 0.25) is 0 Å². The van der Waals surface area contributed by atoms with E-state index in [-0.39, 0.29) is 5.25 Å². The highest BCUT2D eigenvalue weighted by Gasteiger charge is 2.14. The number of hydrogen-bond acceptors (Lipinski definition) is 3. The first-order valence-corrected chi connectivity index (χ1v) is 6.72. The van der Waals surface area contributed by atoms with Crippen molar-refractivity contribution in [1.82, 2.24) is 5.32 Å². The molecule has 17 heavy (non-hydrogen) atoms. The third kappa shape index (κ3) is 4.25. The Hall–Kier alpha value is -0.670. The van der Waals surface area contributed by atoms with Crippen molar-refractivity contribution in [3.63, 3.8) is 0 Å². The molecule has 0 spiro atoms. The molecule has 1 aromatic carbocycles. The Labute approximate surface area is 109 Å². The molecule has 0 aliphatic carbocycles. The highest BCUT2D eigenvalue weighted by molar-refractivity contribution is 7.81. The van der Waals surface area contributed by atoms with Crippen LogP contribution in [0.15, 0.2) is 24.3 Å². The average Bonchev–Trinajstić information content (AvgIpc) is 2.80. The summed E-state index contributed by atoms with van der Waals surface area (Å²) in [6.07, 6.45) is 3.38. The van der Waals surface area contributed by atoms with Crippen molar-refractivity contribution in [2.45, 2.75) is 30.6 Å². The molecule has 1 aliphatic heterocycles. The standard InChI is InChI=1S/C14H20NOS/c1-11(17)9-12-4-6-14(7-5-12)16-10-13-3-2-8-15-13/h4-7,11,13,15,17H,1-3,8-10H2. The lowest BCUT2D eigenvalue weighted by Crippen LogP contribution is -2.28. The van der Waals surface area contributed by atoms with Crippen molar-refractivity contribution in [2.75, 3.05) is 13.2 Å². The minimum atomic E-state index is 0.157. The third-order valence-electron chi connectivity index (χ3n) is 3.01. The van der Waals surface area contributed by atoms with Gasteiger partial charge in [0.05, 0.1) is 0 Å². The van der Waals surface area contributed by atoms with Gasteiger partial charge in [-0.3, -0.25) is 0 Å². The zero-order valence-electron chi connectivity index (χ0n) is 10.1. The molecule has 2 nitrogen and oxygen atoms in total. The molecule has 0 amide bonds. The molecule has 1 aromatic rings. The second kappa shape index (κ2) is 6.31. The van der Waals surface area contributed by atoms with Crippen molar-refractivity contribution < 1.29 is 4.74 Å². The molecule has 0 saturated carbocycles. The lowest BCUT2D eigenvalue weighted by Gasteiger charge is -2.12. The summed E-state index contributed by atoms with van der Waals surface area (Å²) in [6, 6.07) is 8.76. The number of nitrogens with one attached hydrogen (secondary N) is 1. The first-order chi connectivity index (χ1) is 8.24. The van der Waals surface area contributed by atoms with Crippen LogP contribution in [0, 0.1) is 6.92 Å². The van der Waals surface area contributed by atoms with E-state index >= 15 is 0 Å². The summed E-state index contributed by atoms with van der Waals surface area (Å²) in [5.74, 6) is 0.947. The van der Waals surface area contributed by atoms with Crippen LogP contribution in [0.25, 0.3) is 0 Å². The molecule has 1 heterocycles. The first-order valence-electron chi connectivity index (χ1n) is 6.20. The van der Waals surface area contributed by atoms with Crippen LogP contribution in [0.4, 0.5) is 0 Å². The van der Waals surface area contributed by atoms with Crippen LogP contribution >= 0.6 is 12.6 Å². The maximum absolute atomic E-state index is 5.75. The van der Waals surface area contributed by atoms with Gasteiger partial charge in [0.25, 0.3) is 0 Å². The summed E-state index contributed by atoms with van der Waals surface area (Å²) < 4.78 is 5.75. The molecule has 1 N–H and O–H groups in total. The molecule has 1 fully saturated rings. The zero-order valence-corrected chi connectivity index (χ0v) is 11.0. The Balaban J connectivity index is 1.80. The predicted octanol–water partition coefficient (Wildman–Crippen LogP) is 2.49. The van der Waals surface area contributed by atoms with Crippen molar-refractivity contribution in [2.24, 2.45) is 0 Å².